The second kappa shape index (κ2) is 7.89. The Hall–Kier alpha value is -2.72. The van der Waals surface area contributed by atoms with Crippen LogP contribution in [0.3, 0.4) is 0 Å². The first-order chi connectivity index (χ1) is 12.9. The number of carbonyl (C=O) groups is 2. The predicted molar refractivity (Wildman–Crippen MR) is 103 cm³/mol. The lowest BCUT2D eigenvalue weighted by Gasteiger charge is -2.11. The van der Waals surface area contributed by atoms with Gasteiger partial charge < -0.3 is 15.6 Å². The number of rotatable bonds is 6. The van der Waals surface area contributed by atoms with Crippen molar-refractivity contribution in [2.75, 3.05) is 5.32 Å². The van der Waals surface area contributed by atoms with Gasteiger partial charge in [-0.3, -0.25) is 9.59 Å². The van der Waals surface area contributed by atoms with E-state index in [1.165, 1.54) is 35.2 Å². The number of anilines is 1. The van der Waals surface area contributed by atoms with Crippen LogP contribution in [-0.2, 0) is 11.8 Å². The number of amides is 2. The average Bonchev–Trinajstić information content (AvgIpc) is 3.23. The van der Waals surface area contributed by atoms with Gasteiger partial charge in [0.15, 0.2) is 11.0 Å². The molecule has 0 saturated carbocycles. The van der Waals surface area contributed by atoms with Gasteiger partial charge in [0.25, 0.3) is 5.91 Å². The first kappa shape index (κ1) is 19.1. The van der Waals surface area contributed by atoms with Gasteiger partial charge in [-0.1, -0.05) is 11.8 Å². The van der Waals surface area contributed by atoms with Crippen LogP contribution in [0.1, 0.15) is 17.3 Å². The number of halogens is 1. The van der Waals surface area contributed by atoms with Crippen molar-refractivity contribution in [2.45, 2.75) is 17.3 Å². The van der Waals surface area contributed by atoms with Crippen LogP contribution in [0.2, 0.25) is 0 Å². The molecule has 2 aromatic heterocycles. The summed E-state index contributed by atoms with van der Waals surface area (Å²) in [4.78, 5) is 23.8. The molecule has 0 bridgehead atoms. The number of nitrogens with one attached hydrogen (secondary N) is 1. The Morgan fingerprint density at radius 2 is 1.96 bits per heavy atom. The molecule has 3 aromatic rings. The molecule has 0 unspecified atom stereocenters. The highest BCUT2D eigenvalue weighted by molar-refractivity contribution is 8.00. The van der Waals surface area contributed by atoms with Gasteiger partial charge in [0.1, 0.15) is 10.8 Å². The second-order valence-corrected chi connectivity index (χ2v) is 7.87. The number of nitrogens with two attached hydrogens (primary N) is 1. The number of aromatic nitrogens is 3. The van der Waals surface area contributed by atoms with E-state index in [4.69, 9.17) is 5.73 Å². The van der Waals surface area contributed by atoms with Gasteiger partial charge in [-0.25, -0.2) is 4.39 Å². The molecule has 10 heteroatoms. The van der Waals surface area contributed by atoms with Gasteiger partial charge >= 0.3 is 0 Å². The molecule has 27 heavy (non-hydrogen) atoms. The van der Waals surface area contributed by atoms with Crippen LogP contribution in [-0.4, -0.2) is 31.8 Å². The van der Waals surface area contributed by atoms with E-state index in [0.29, 0.717) is 16.0 Å². The van der Waals surface area contributed by atoms with E-state index in [1.807, 2.05) is 0 Å². The van der Waals surface area contributed by atoms with Crippen LogP contribution in [0.4, 0.5) is 9.39 Å². The van der Waals surface area contributed by atoms with Crippen molar-refractivity contribution in [2.24, 2.45) is 12.8 Å². The molecule has 0 aliphatic rings. The van der Waals surface area contributed by atoms with Gasteiger partial charge in [0.05, 0.1) is 10.8 Å². The van der Waals surface area contributed by atoms with Crippen molar-refractivity contribution in [1.82, 2.24) is 14.8 Å². The monoisotopic (exact) mass is 405 g/mol. The topological polar surface area (TPSA) is 103 Å². The molecule has 0 aliphatic heterocycles. The number of primary amides is 1. The Balaban J connectivity index is 1.71. The van der Waals surface area contributed by atoms with E-state index in [-0.39, 0.29) is 17.3 Å². The summed E-state index contributed by atoms with van der Waals surface area (Å²) in [5.41, 5.74) is 6.29. The van der Waals surface area contributed by atoms with E-state index >= 15 is 0 Å². The van der Waals surface area contributed by atoms with Crippen molar-refractivity contribution in [3.8, 4) is 11.4 Å². The Morgan fingerprint density at radius 1 is 1.26 bits per heavy atom. The third-order valence-corrected chi connectivity index (χ3v) is 5.72. The maximum absolute atomic E-state index is 13.1. The molecule has 7 nitrogen and oxygen atoms in total. The fourth-order valence-corrected chi connectivity index (χ4v) is 3.90. The molecular weight excluding hydrogens is 389 g/mol. The van der Waals surface area contributed by atoms with Gasteiger partial charge in [-0.15, -0.1) is 21.5 Å². The first-order valence-electron chi connectivity index (χ1n) is 7.87. The number of carbonyl (C=O) groups excluding carboxylic acids is 2. The summed E-state index contributed by atoms with van der Waals surface area (Å²) in [6, 6.07) is 7.50. The van der Waals surface area contributed by atoms with E-state index < -0.39 is 11.2 Å². The Kier molecular flexibility index (Phi) is 5.57. The zero-order valence-corrected chi connectivity index (χ0v) is 16.1. The summed E-state index contributed by atoms with van der Waals surface area (Å²) in [5.74, 6) is -0.635. The summed E-state index contributed by atoms with van der Waals surface area (Å²) in [5, 5.41) is 13.1. The fraction of sp³-hybridized carbons (Fsp3) is 0.176. The van der Waals surface area contributed by atoms with Gasteiger partial charge in [-0.2, -0.15) is 0 Å². The molecule has 140 valence electrons. The van der Waals surface area contributed by atoms with Crippen LogP contribution in [0.15, 0.2) is 40.9 Å². The summed E-state index contributed by atoms with van der Waals surface area (Å²) < 4.78 is 14.8. The number of thioether (sulfide) groups is 1. The maximum atomic E-state index is 13.1. The molecule has 0 radical (unpaired) electrons. The third-order valence-electron chi connectivity index (χ3n) is 3.76. The molecule has 0 fully saturated rings. The molecule has 1 aromatic carbocycles. The highest BCUT2D eigenvalue weighted by Gasteiger charge is 2.21. The lowest BCUT2D eigenvalue weighted by atomic mass is 10.2. The number of nitrogens with zero attached hydrogens (tertiary/aromatic N) is 3. The molecule has 3 N–H and O–H groups in total. The smallest absolute Gasteiger partial charge is 0.251 e. The lowest BCUT2D eigenvalue weighted by Crippen LogP contribution is -2.24. The number of hydrogen-bond donors (Lipinski definition) is 2. The Labute approximate surface area is 162 Å². The zero-order valence-electron chi connectivity index (χ0n) is 14.5. The van der Waals surface area contributed by atoms with Crippen LogP contribution in [0, 0.1) is 5.82 Å². The third kappa shape index (κ3) is 4.17. The Bertz CT molecular complexity index is 984. The first-order valence-corrected chi connectivity index (χ1v) is 9.63. The van der Waals surface area contributed by atoms with Crippen molar-refractivity contribution in [1.29, 1.82) is 0 Å². The van der Waals surface area contributed by atoms with Crippen LogP contribution in [0.5, 0.6) is 0 Å². The summed E-state index contributed by atoms with van der Waals surface area (Å²) in [6.07, 6.45) is 0. The quantitative estimate of drug-likeness (QED) is 0.614. The second-order valence-electron chi connectivity index (χ2n) is 5.65. The zero-order chi connectivity index (χ0) is 19.6. The van der Waals surface area contributed by atoms with Gasteiger partial charge in [0, 0.05) is 12.6 Å². The molecule has 2 amide bonds. The molecular formula is C17H16FN5O2S2. The molecule has 3 rings (SSSR count). The molecule has 0 aliphatic carbocycles. The molecule has 2 heterocycles. The normalized spacial score (nSPS) is 12.0. The van der Waals surface area contributed by atoms with Crippen molar-refractivity contribution in [3.63, 3.8) is 0 Å². The minimum atomic E-state index is -0.593. The summed E-state index contributed by atoms with van der Waals surface area (Å²) in [6.45, 7) is 1.73. The highest BCUT2D eigenvalue weighted by atomic mass is 32.2. The van der Waals surface area contributed by atoms with Crippen molar-refractivity contribution in [3.05, 3.63) is 47.1 Å². The standard InChI is InChI=1S/C17H16FN5O2S2/c1-9(15(25)20-16-12(13(19)24)7-8-26-16)27-17-22-21-14(23(17)2)10-3-5-11(18)6-4-10/h3-9H,1-2H3,(H2,19,24)(H,20,25)/t9-/m0/s1. The maximum Gasteiger partial charge on any atom is 0.251 e. The number of thiophene rings is 1. The minimum Gasteiger partial charge on any atom is -0.366 e. The molecule has 0 saturated heterocycles. The lowest BCUT2D eigenvalue weighted by molar-refractivity contribution is -0.115. The summed E-state index contributed by atoms with van der Waals surface area (Å²) in [7, 11) is 1.77. The van der Waals surface area contributed by atoms with E-state index in [9.17, 15) is 14.0 Å². The van der Waals surface area contributed by atoms with E-state index in [2.05, 4.69) is 15.5 Å². The Morgan fingerprint density at radius 3 is 2.63 bits per heavy atom. The highest BCUT2D eigenvalue weighted by Crippen LogP contribution is 2.28. The fourth-order valence-electron chi connectivity index (χ4n) is 2.29. The van der Waals surface area contributed by atoms with Crippen LogP contribution >= 0.6 is 23.1 Å². The van der Waals surface area contributed by atoms with Crippen LogP contribution < -0.4 is 11.1 Å². The largest absolute Gasteiger partial charge is 0.366 e. The van der Waals surface area contributed by atoms with Gasteiger partial charge in [-0.05, 0) is 42.6 Å². The van der Waals surface area contributed by atoms with Gasteiger partial charge in [0.2, 0.25) is 5.91 Å². The number of benzene rings is 1. The van der Waals surface area contributed by atoms with Crippen molar-refractivity contribution >= 4 is 39.9 Å². The number of hydrogen-bond acceptors (Lipinski definition) is 6. The molecule has 0 spiro atoms. The van der Waals surface area contributed by atoms with Crippen molar-refractivity contribution < 1.29 is 14.0 Å². The minimum absolute atomic E-state index is 0.280. The average molecular weight is 405 g/mol. The van der Waals surface area contributed by atoms with E-state index in [0.717, 1.165) is 5.56 Å². The summed E-state index contributed by atoms with van der Waals surface area (Å²) >= 11 is 2.45. The predicted octanol–water partition coefficient (Wildman–Crippen LogP) is 2.90. The SMILES string of the molecule is C[C@H](Sc1nnc(-c2ccc(F)cc2)n1C)C(=O)Nc1sccc1C(N)=O. The molecule has 1 atom stereocenters. The van der Waals surface area contributed by atoms with Crippen LogP contribution in [0.25, 0.3) is 11.4 Å². The van der Waals surface area contributed by atoms with E-state index in [1.54, 1.807) is 42.1 Å².